The van der Waals surface area contributed by atoms with E-state index in [1.165, 1.54) is 11.8 Å². The Hall–Kier alpha value is -3.55. The molecule has 3 aromatic rings. The van der Waals surface area contributed by atoms with E-state index in [0.717, 1.165) is 0 Å². The monoisotopic (exact) mass is 368 g/mol. The van der Waals surface area contributed by atoms with E-state index in [-0.39, 0.29) is 5.91 Å². The molecule has 0 fully saturated rings. The zero-order valence-corrected chi connectivity index (χ0v) is 15.5. The van der Waals surface area contributed by atoms with Gasteiger partial charge in [-0.05, 0) is 43.3 Å². The van der Waals surface area contributed by atoms with E-state index in [1.54, 1.807) is 63.6 Å². The summed E-state index contributed by atoms with van der Waals surface area (Å²) < 4.78 is 17.2. The first-order chi connectivity index (χ1) is 13.1. The third-order valence-electron chi connectivity index (χ3n) is 4.03. The zero-order valence-electron chi connectivity index (χ0n) is 15.5. The van der Waals surface area contributed by atoms with Crippen LogP contribution in [0.2, 0.25) is 0 Å². The number of aromatic nitrogens is 3. The van der Waals surface area contributed by atoms with Crippen molar-refractivity contribution in [2.75, 3.05) is 26.6 Å². The normalized spacial score (nSPS) is 10.4. The minimum atomic E-state index is -0.361. The van der Waals surface area contributed by atoms with Crippen molar-refractivity contribution in [1.29, 1.82) is 0 Å². The maximum absolute atomic E-state index is 12.9. The van der Waals surface area contributed by atoms with E-state index in [0.29, 0.717) is 40.0 Å². The maximum atomic E-state index is 12.9. The van der Waals surface area contributed by atoms with E-state index >= 15 is 0 Å². The highest BCUT2D eigenvalue weighted by molar-refractivity contribution is 6.05. The summed E-state index contributed by atoms with van der Waals surface area (Å²) in [7, 11) is 4.68. The number of aryl methyl sites for hydroxylation is 1. The molecule has 0 aliphatic heterocycles. The Kier molecular flexibility index (Phi) is 5.25. The fraction of sp³-hybridized carbons (Fsp3) is 0.211. The molecule has 0 aliphatic rings. The molecule has 0 saturated heterocycles. The molecule has 0 spiro atoms. The van der Waals surface area contributed by atoms with Crippen LogP contribution in [0.15, 0.2) is 42.5 Å². The van der Waals surface area contributed by atoms with Crippen molar-refractivity contribution in [2.45, 2.75) is 6.92 Å². The molecular formula is C19H20N4O4. The fourth-order valence-electron chi connectivity index (χ4n) is 2.62. The number of benzene rings is 2. The number of ether oxygens (including phenoxy) is 3. The summed E-state index contributed by atoms with van der Waals surface area (Å²) >= 11 is 0. The smallest absolute Gasteiger partial charge is 0.276 e. The van der Waals surface area contributed by atoms with Gasteiger partial charge in [0, 0.05) is 6.07 Å². The van der Waals surface area contributed by atoms with Gasteiger partial charge in [-0.2, -0.15) is 0 Å². The number of amides is 1. The molecule has 8 nitrogen and oxygen atoms in total. The van der Waals surface area contributed by atoms with Gasteiger partial charge in [-0.3, -0.25) is 4.79 Å². The van der Waals surface area contributed by atoms with Crippen LogP contribution in [-0.2, 0) is 0 Å². The first-order valence-electron chi connectivity index (χ1n) is 8.17. The topological polar surface area (TPSA) is 87.5 Å². The third kappa shape index (κ3) is 3.69. The molecule has 0 saturated carbocycles. The number of anilines is 1. The van der Waals surface area contributed by atoms with Crippen molar-refractivity contribution >= 4 is 11.6 Å². The number of carbonyl (C=O) groups excluding carboxylic acids is 1. The molecule has 0 radical (unpaired) electrons. The molecule has 1 aromatic heterocycles. The number of carbonyl (C=O) groups is 1. The summed E-state index contributed by atoms with van der Waals surface area (Å²) in [4.78, 5) is 12.9. The second kappa shape index (κ2) is 7.77. The Morgan fingerprint density at radius 2 is 1.63 bits per heavy atom. The van der Waals surface area contributed by atoms with Crippen molar-refractivity contribution in [3.63, 3.8) is 0 Å². The highest BCUT2D eigenvalue weighted by Gasteiger charge is 2.20. The lowest BCUT2D eigenvalue weighted by atomic mass is 10.2. The van der Waals surface area contributed by atoms with E-state index in [1.807, 2.05) is 0 Å². The van der Waals surface area contributed by atoms with Gasteiger partial charge in [0.25, 0.3) is 5.91 Å². The predicted octanol–water partition coefficient (Wildman–Crippen LogP) is 2.85. The van der Waals surface area contributed by atoms with Crippen molar-refractivity contribution in [2.24, 2.45) is 0 Å². The molecule has 8 heteroatoms. The molecule has 0 atom stereocenters. The minimum Gasteiger partial charge on any atom is -0.497 e. The predicted molar refractivity (Wildman–Crippen MR) is 100 cm³/mol. The lowest BCUT2D eigenvalue weighted by Gasteiger charge is -2.13. The molecular weight excluding hydrogens is 348 g/mol. The molecule has 140 valence electrons. The number of hydrogen-bond acceptors (Lipinski definition) is 6. The molecule has 27 heavy (non-hydrogen) atoms. The van der Waals surface area contributed by atoms with E-state index < -0.39 is 0 Å². The van der Waals surface area contributed by atoms with Crippen molar-refractivity contribution in [3.05, 3.63) is 53.9 Å². The Morgan fingerprint density at radius 3 is 2.26 bits per heavy atom. The fourth-order valence-corrected chi connectivity index (χ4v) is 2.62. The Morgan fingerprint density at radius 1 is 0.963 bits per heavy atom. The summed E-state index contributed by atoms with van der Waals surface area (Å²) in [6, 6.07) is 12.3. The third-order valence-corrected chi connectivity index (χ3v) is 4.03. The largest absolute Gasteiger partial charge is 0.497 e. The van der Waals surface area contributed by atoms with Crippen LogP contribution in [0.4, 0.5) is 5.69 Å². The molecule has 1 amide bonds. The van der Waals surface area contributed by atoms with E-state index in [2.05, 4.69) is 15.6 Å². The second-order valence-corrected chi connectivity index (χ2v) is 5.65. The van der Waals surface area contributed by atoms with Crippen molar-refractivity contribution in [3.8, 4) is 22.9 Å². The van der Waals surface area contributed by atoms with E-state index in [9.17, 15) is 4.79 Å². The molecule has 0 unspecified atom stereocenters. The average molecular weight is 368 g/mol. The first-order valence-corrected chi connectivity index (χ1v) is 8.17. The van der Waals surface area contributed by atoms with Gasteiger partial charge in [0.15, 0.2) is 5.69 Å². The van der Waals surface area contributed by atoms with Gasteiger partial charge < -0.3 is 19.5 Å². The number of rotatable bonds is 6. The summed E-state index contributed by atoms with van der Waals surface area (Å²) in [6.07, 6.45) is 0. The SMILES string of the molecule is COc1ccc(-n2nnc(C)c2C(=O)Nc2cc(OC)ccc2OC)cc1. The lowest BCUT2D eigenvalue weighted by Crippen LogP contribution is -2.18. The Balaban J connectivity index is 1.95. The van der Waals surface area contributed by atoms with E-state index in [4.69, 9.17) is 14.2 Å². The number of hydrogen-bond donors (Lipinski definition) is 1. The molecule has 1 N–H and O–H groups in total. The summed E-state index contributed by atoms with van der Waals surface area (Å²) in [6.45, 7) is 1.73. The first kappa shape index (κ1) is 18.2. The van der Waals surface area contributed by atoms with Crippen LogP contribution in [0, 0.1) is 6.92 Å². The highest BCUT2D eigenvalue weighted by atomic mass is 16.5. The second-order valence-electron chi connectivity index (χ2n) is 5.65. The van der Waals surface area contributed by atoms with Gasteiger partial charge in [-0.25, -0.2) is 4.68 Å². The number of nitrogens with zero attached hydrogens (tertiary/aromatic N) is 3. The Labute approximate surface area is 156 Å². The van der Waals surface area contributed by atoms with Gasteiger partial charge in [0.05, 0.1) is 38.4 Å². The summed E-state index contributed by atoms with van der Waals surface area (Å²) in [5, 5.41) is 11.0. The van der Waals surface area contributed by atoms with Crippen LogP contribution in [0.1, 0.15) is 16.2 Å². The van der Waals surface area contributed by atoms with Gasteiger partial charge in [0.2, 0.25) is 0 Å². The lowest BCUT2D eigenvalue weighted by molar-refractivity contribution is 0.101. The molecule has 0 bridgehead atoms. The van der Waals surface area contributed by atoms with Gasteiger partial charge >= 0.3 is 0 Å². The average Bonchev–Trinajstić information content (AvgIpc) is 3.09. The van der Waals surface area contributed by atoms with Gasteiger partial charge in [-0.15, -0.1) is 5.10 Å². The molecule has 0 aliphatic carbocycles. The van der Waals surface area contributed by atoms with Crippen LogP contribution in [0.5, 0.6) is 17.2 Å². The van der Waals surface area contributed by atoms with Gasteiger partial charge in [0.1, 0.15) is 17.2 Å². The maximum Gasteiger partial charge on any atom is 0.276 e. The van der Waals surface area contributed by atoms with Gasteiger partial charge in [-0.1, -0.05) is 5.21 Å². The summed E-state index contributed by atoms with van der Waals surface area (Å²) in [5.74, 6) is 1.47. The van der Waals surface area contributed by atoms with Crippen LogP contribution in [-0.4, -0.2) is 42.2 Å². The molecule has 1 heterocycles. The zero-order chi connectivity index (χ0) is 19.4. The van der Waals surface area contributed by atoms with Crippen molar-refractivity contribution in [1.82, 2.24) is 15.0 Å². The molecule has 3 rings (SSSR count). The molecule has 2 aromatic carbocycles. The highest BCUT2D eigenvalue weighted by Crippen LogP contribution is 2.29. The standard InChI is InChI=1S/C19H20N4O4/c1-12-18(23(22-21-12)13-5-7-14(25-2)8-6-13)19(24)20-16-11-15(26-3)9-10-17(16)27-4/h5-11H,1-4H3,(H,20,24). The Bertz CT molecular complexity index is 951. The van der Waals surface area contributed by atoms with Crippen LogP contribution in [0.25, 0.3) is 5.69 Å². The number of nitrogens with one attached hydrogen (secondary N) is 1. The van der Waals surface area contributed by atoms with Crippen molar-refractivity contribution < 1.29 is 19.0 Å². The van der Waals surface area contributed by atoms with Crippen LogP contribution in [0.3, 0.4) is 0 Å². The quantitative estimate of drug-likeness (QED) is 0.720. The minimum absolute atomic E-state index is 0.324. The van der Waals surface area contributed by atoms with Crippen LogP contribution >= 0.6 is 0 Å². The van der Waals surface area contributed by atoms with Crippen LogP contribution < -0.4 is 19.5 Å². The summed E-state index contributed by atoms with van der Waals surface area (Å²) in [5.41, 5.74) is 2.01. The number of methoxy groups -OCH3 is 3.